The molecule has 3 N–H and O–H groups in total. The average molecular weight is 494 g/mol. The van der Waals surface area contributed by atoms with Gasteiger partial charge in [0.2, 0.25) is 0 Å². The van der Waals surface area contributed by atoms with Crippen LogP contribution in [0.3, 0.4) is 0 Å². The second-order valence-corrected chi connectivity index (χ2v) is 9.39. The van der Waals surface area contributed by atoms with Crippen molar-refractivity contribution in [1.82, 2.24) is 0 Å². The quantitative estimate of drug-likeness (QED) is 0.311. The van der Waals surface area contributed by atoms with E-state index in [1.807, 2.05) is 0 Å². The molecule has 0 bridgehead atoms. The monoisotopic (exact) mass is 492 g/mol. The average Bonchev–Trinajstić information content (AvgIpc) is 2.59. The summed E-state index contributed by atoms with van der Waals surface area (Å²) in [6.07, 6.45) is 0. The highest BCUT2D eigenvalue weighted by atomic mass is 35.5. The van der Waals surface area contributed by atoms with Crippen LogP contribution in [-0.2, 0) is 14.9 Å². The van der Waals surface area contributed by atoms with Gasteiger partial charge in [0, 0.05) is 26.7 Å². The van der Waals surface area contributed by atoms with E-state index in [0.29, 0.717) is 0 Å². The third kappa shape index (κ3) is 3.89. The smallest absolute Gasteiger partial charge is 0.283 e. The van der Waals surface area contributed by atoms with Crippen molar-refractivity contribution in [2.24, 2.45) is 0 Å². The summed E-state index contributed by atoms with van der Waals surface area (Å²) >= 11 is 24.5. The molecule has 10 heteroatoms. The lowest BCUT2D eigenvalue weighted by atomic mass is 9.83. The standard InChI is InChI=1S/C19H12Cl4O5S/c20-12-5-11(6-13(21)7-12)19(29(26,27)28,10-1-3-14(24)4-2-10)15-8-17(23)18(25)9-16(15)22/h1-9,24-25H,(H,26,27,28). The first-order valence-electron chi connectivity index (χ1n) is 7.88. The Hall–Kier alpha value is -1.67. The molecule has 29 heavy (non-hydrogen) atoms. The van der Waals surface area contributed by atoms with E-state index in [9.17, 15) is 23.2 Å². The lowest BCUT2D eigenvalue weighted by molar-refractivity contribution is 0.456. The molecule has 0 heterocycles. The highest BCUT2D eigenvalue weighted by Crippen LogP contribution is 2.49. The number of benzene rings is 3. The second kappa shape index (κ2) is 7.87. The Bertz CT molecular complexity index is 1180. The van der Waals surface area contributed by atoms with Crippen molar-refractivity contribution in [3.63, 3.8) is 0 Å². The van der Waals surface area contributed by atoms with Crippen LogP contribution in [0.1, 0.15) is 16.7 Å². The van der Waals surface area contributed by atoms with Crippen molar-refractivity contribution < 1.29 is 23.2 Å². The maximum Gasteiger partial charge on any atom is 0.283 e. The Morgan fingerprint density at radius 1 is 0.724 bits per heavy atom. The minimum absolute atomic E-state index is 0.0214. The van der Waals surface area contributed by atoms with Gasteiger partial charge in [-0.2, -0.15) is 8.42 Å². The van der Waals surface area contributed by atoms with Crippen LogP contribution in [0.2, 0.25) is 20.1 Å². The molecule has 0 saturated carbocycles. The van der Waals surface area contributed by atoms with E-state index < -0.39 is 14.9 Å². The highest BCUT2D eigenvalue weighted by molar-refractivity contribution is 7.87. The largest absolute Gasteiger partial charge is 0.508 e. The molecule has 0 aliphatic heterocycles. The molecule has 0 aliphatic rings. The molecule has 0 aliphatic carbocycles. The maximum absolute atomic E-state index is 13.0. The highest BCUT2D eigenvalue weighted by Gasteiger charge is 2.50. The van der Waals surface area contributed by atoms with Crippen LogP contribution in [0.25, 0.3) is 0 Å². The lowest BCUT2D eigenvalue weighted by Crippen LogP contribution is -2.38. The Morgan fingerprint density at radius 3 is 1.79 bits per heavy atom. The Morgan fingerprint density at radius 2 is 1.28 bits per heavy atom. The first-order valence-corrected chi connectivity index (χ1v) is 10.8. The van der Waals surface area contributed by atoms with E-state index in [-0.39, 0.29) is 48.3 Å². The molecule has 0 radical (unpaired) electrons. The molecule has 1 unspecified atom stereocenters. The normalized spacial score (nSPS) is 13.8. The van der Waals surface area contributed by atoms with Gasteiger partial charge in [-0.3, -0.25) is 4.55 Å². The number of hydrogen-bond acceptors (Lipinski definition) is 4. The predicted molar refractivity (Wildman–Crippen MR) is 114 cm³/mol. The summed E-state index contributed by atoms with van der Waals surface area (Å²) in [6.45, 7) is 0. The summed E-state index contributed by atoms with van der Waals surface area (Å²) < 4.78 is 34.1. The molecule has 3 aromatic carbocycles. The lowest BCUT2D eigenvalue weighted by Gasteiger charge is -2.33. The SMILES string of the molecule is O=S(=O)(O)C(c1ccc(O)cc1)(c1cc(Cl)cc(Cl)c1)c1cc(Cl)c(O)cc1Cl. The third-order valence-electron chi connectivity index (χ3n) is 4.35. The molecule has 5 nitrogen and oxygen atoms in total. The van der Waals surface area contributed by atoms with Crippen molar-refractivity contribution in [2.45, 2.75) is 4.75 Å². The van der Waals surface area contributed by atoms with Gasteiger partial charge in [-0.25, -0.2) is 0 Å². The van der Waals surface area contributed by atoms with Crippen LogP contribution in [0.4, 0.5) is 0 Å². The molecule has 152 valence electrons. The van der Waals surface area contributed by atoms with Crippen molar-refractivity contribution in [3.05, 3.63) is 91.4 Å². The van der Waals surface area contributed by atoms with E-state index in [2.05, 4.69) is 0 Å². The Kier molecular flexibility index (Phi) is 5.98. The number of rotatable bonds is 4. The van der Waals surface area contributed by atoms with E-state index in [0.717, 1.165) is 12.1 Å². The van der Waals surface area contributed by atoms with Gasteiger partial charge < -0.3 is 10.2 Å². The zero-order chi connectivity index (χ0) is 21.6. The predicted octanol–water partition coefficient (Wildman–Crippen LogP) is 5.89. The summed E-state index contributed by atoms with van der Waals surface area (Å²) in [5.74, 6) is -0.503. The van der Waals surface area contributed by atoms with Crippen molar-refractivity contribution in [2.75, 3.05) is 0 Å². The van der Waals surface area contributed by atoms with Crippen LogP contribution < -0.4 is 0 Å². The van der Waals surface area contributed by atoms with E-state index >= 15 is 0 Å². The van der Waals surface area contributed by atoms with Gasteiger partial charge in [0.15, 0.2) is 4.75 Å². The van der Waals surface area contributed by atoms with Crippen molar-refractivity contribution >= 4 is 56.5 Å². The van der Waals surface area contributed by atoms with Crippen LogP contribution in [0, 0.1) is 0 Å². The number of aromatic hydroxyl groups is 2. The molecule has 0 fully saturated rings. The van der Waals surface area contributed by atoms with Gasteiger partial charge >= 0.3 is 0 Å². The van der Waals surface area contributed by atoms with Crippen LogP contribution in [0.5, 0.6) is 11.5 Å². The molecule has 3 rings (SSSR count). The van der Waals surface area contributed by atoms with Gasteiger partial charge in [0.25, 0.3) is 10.1 Å². The summed E-state index contributed by atoms with van der Waals surface area (Å²) in [5.41, 5.74) is -0.139. The topological polar surface area (TPSA) is 94.8 Å². The third-order valence-corrected chi connectivity index (χ3v) is 6.86. The molecule has 0 spiro atoms. The van der Waals surface area contributed by atoms with Gasteiger partial charge in [0.05, 0.1) is 5.02 Å². The fourth-order valence-electron chi connectivity index (χ4n) is 3.17. The molecular weight excluding hydrogens is 482 g/mol. The van der Waals surface area contributed by atoms with E-state index in [1.165, 1.54) is 42.5 Å². The number of hydrogen-bond donors (Lipinski definition) is 3. The number of phenols is 2. The number of halogens is 4. The van der Waals surface area contributed by atoms with Gasteiger partial charge in [-0.15, -0.1) is 0 Å². The first kappa shape index (κ1) is 22.0. The van der Waals surface area contributed by atoms with Gasteiger partial charge in [-0.05, 0) is 47.5 Å². The summed E-state index contributed by atoms with van der Waals surface area (Å²) in [4.78, 5) is 0. The molecule has 0 aromatic heterocycles. The Labute approximate surface area is 186 Å². The van der Waals surface area contributed by atoms with Crippen LogP contribution >= 0.6 is 46.4 Å². The summed E-state index contributed by atoms with van der Waals surface area (Å²) in [5, 5.41) is 19.4. The fraction of sp³-hybridized carbons (Fsp3) is 0.0526. The first-order chi connectivity index (χ1) is 13.5. The van der Waals surface area contributed by atoms with Crippen LogP contribution in [0.15, 0.2) is 54.6 Å². The molecule has 0 amide bonds. The fourth-order valence-corrected chi connectivity index (χ4v) is 5.52. The molecular formula is C19H12Cl4O5S. The molecule has 3 aromatic rings. The molecule has 0 saturated heterocycles. The zero-order valence-electron chi connectivity index (χ0n) is 14.3. The number of phenolic OH excluding ortho intramolecular Hbond substituents is 2. The van der Waals surface area contributed by atoms with Crippen molar-refractivity contribution in [3.8, 4) is 11.5 Å². The Balaban J connectivity index is 2.58. The zero-order valence-corrected chi connectivity index (χ0v) is 18.1. The minimum Gasteiger partial charge on any atom is -0.508 e. The van der Waals surface area contributed by atoms with E-state index in [1.54, 1.807) is 0 Å². The maximum atomic E-state index is 13.0. The minimum atomic E-state index is -5.01. The summed E-state index contributed by atoms with van der Waals surface area (Å²) in [6, 6.07) is 11.3. The summed E-state index contributed by atoms with van der Waals surface area (Å²) in [7, 11) is -5.01. The van der Waals surface area contributed by atoms with Gasteiger partial charge in [-0.1, -0.05) is 58.5 Å². The van der Waals surface area contributed by atoms with E-state index in [4.69, 9.17) is 46.4 Å². The molecule has 1 atom stereocenters. The van der Waals surface area contributed by atoms with Crippen LogP contribution in [-0.4, -0.2) is 23.2 Å². The van der Waals surface area contributed by atoms with Gasteiger partial charge in [0.1, 0.15) is 11.5 Å². The second-order valence-electron chi connectivity index (χ2n) is 6.14. The van der Waals surface area contributed by atoms with Crippen molar-refractivity contribution in [1.29, 1.82) is 0 Å².